The number of nitrogens with one attached hydrogen (secondary N) is 2. The largest absolute Gasteiger partial charge is 0.456 e. The fraction of sp³-hybridized carbons (Fsp3) is 0.220. The van der Waals surface area contributed by atoms with E-state index in [0.717, 1.165) is 69.9 Å². The van der Waals surface area contributed by atoms with E-state index in [9.17, 15) is 4.79 Å². The third-order valence-corrected chi connectivity index (χ3v) is 9.88. The summed E-state index contributed by atoms with van der Waals surface area (Å²) in [4.78, 5) is 14.6. The lowest BCUT2D eigenvalue weighted by Gasteiger charge is -2.42. The third kappa shape index (κ3) is 4.20. The summed E-state index contributed by atoms with van der Waals surface area (Å²) in [5, 5.41) is 16.2. The Labute approximate surface area is 280 Å². The maximum Gasteiger partial charge on any atom is 0.275 e. The van der Waals surface area contributed by atoms with Crippen molar-refractivity contribution in [3.05, 3.63) is 130 Å². The highest BCUT2D eigenvalue weighted by molar-refractivity contribution is 6.09. The van der Waals surface area contributed by atoms with Crippen molar-refractivity contribution in [1.29, 1.82) is 0 Å². The number of hydrazone groups is 1. The molecule has 8 rings (SSSR count). The fourth-order valence-corrected chi connectivity index (χ4v) is 7.77. The monoisotopic (exact) mass is 633 g/mol. The van der Waals surface area contributed by atoms with Gasteiger partial charge in [0.05, 0.1) is 6.21 Å². The lowest BCUT2D eigenvalue weighted by atomic mass is 9.74. The predicted octanol–water partition coefficient (Wildman–Crippen LogP) is 9.18. The number of aryl methyl sites for hydroxylation is 3. The smallest absolute Gasteiger partial charge is 0.275 e. The van der Waals surface area contributed by atoms with E-state index < -0.39 is 5.54 Å². The van der Waals surface area contributed by atoms with Gasteiger partial charge in [0.25, 0.3) is 5.91 Å². The summed E-state index contributed by atoms with van der Waals surface area (Å²) < 4.78 is 9.07. The van der Waals surface area contributed by atoms with Crippen LogP contribution in [0.15, 0.2) is 96.1 Å². The lowest BCUT2D eigenvalue weighted by molar-refractivity contribution is 0.0675. The normalized spacial score (nSPS) is 14.4. The molecule has 1 aromatic heterocycles. The number of hydrogen-bond acceptors (Lipinski definition) is 5. The zero-order valence-electron chi connectivity index (χ0n) is 28.0. The minimum atomic E-state index is -1.04. The first-order chi connectivity index (χ1) is 23.4. The van der Waals surface area contributed by atoms with Crippen LogP contribution in [0.2, 0.25) is 0 Å². The van der Waals surface area contributed by atoms with E-state index >= 15 is 0 Å². The Hall–Kier alpha value is -5.56. The maximum atomic E-state index is 14.6. The number of benzene rings is 5. The molecule has 0 bridgehead atoms. The van der Waals surface area contributed by atoms with Crippen LogP contribution in [0.5, 0.6) is 11.5 Å². The van der Waals surface area contributed by atoms with Crippen molar-refractivity contribution in [2.24, 2.45) is 5.10 Å². The Morgan fingerprint density at radius 2 is 1.35 bits per heavy atom. The van der Waals surface area contributed by atoms with Crippen molar-refractivity contribution < 1.29 is 9.53 Å². The van der Waals surface area contributed by atoms with Gasteiger partial charge in [-0.1, -0.05) is 48.5 Å². The number of rotatable bonds is 7. The minimum absolute atomic E-state index is 0.147. The molecule has 48 heavy (non-hydrogen) atoms. The molecule has 3 heterocycles. The quantitative estimate of drug-likeness (QED) is 0.172. The second-order valence-corrected chi connectivity index (χ2v) is 12.6. The molecule has 2 aliphatic heterocycles. The fourth-order valence-electron chi connectivity index (χ4n) is 7.77. The highest BCUT2D eigenvalue weighted by Gasteiger charge is 2.57. The molecule has 7 heteroatoms. The summed E-state index contributed by atoms with van der Waals surface area (Å²) in [6.07, 6.45) is 1.83. The van der Waals surface area contributed by atoms with Gasteiger partial charge in [0.2, 0.25) is 0 Å². The van der Waals surface area contributed by atoms with Gasteiger partial charge in [-0.3, -0.25) is 4.79 Å². The molecule has 2 aliphatic rings. The molecule has 6 aromatic rings. The standard InChI is InChI=1S/C41H39N5O2/c1-6-42-34-22-38-32(19-25(34)4)41(33-20-26(5)35(43-7-2)23-39(33)48-38)31-15-11-9-14-30(31)40(47)46(41)44-24-27-17-18-29-28-13-10-12-16-36(28)45(8-3)37(29)21-27/h9-24,42-43H,6-8H2,1-5H3/b44-24+. The van der Waals surface area contributed by atoms with Gasteiger partial charge in [-0.05, 0) is 81.6 Å². The first-order valence-corrected chi connectivity index (χ1v) is 16.9. The van der Waals surface area contributed by atoms with E-state index in [-0.39, 0.29) is 5.91 Å². The molecule has 0 fully saturated rings. The van der Waals surface area contributed by atoms with E-state index in [1.54, 1.807) is 5.01 Å². The summed E-state index contributed by atoms with van der Waals surface area (Å²) in [5.74, 6) is 1.26. The van der Waals surface area contributed by atoms with Gasteiger partial charge >= 0.3 is 0 Å². The van der Waals surface area contributed by atoms with E-state index in [0.29, 0.717) is 17.1 Å². The van der Waals surface area contributed by atoms with E-state index in [4.69, 9.17) is 9.84 Å². The number of nitrogens with zero attached hydrogens (tertiary/aromatic N) is 3. The highest BCUT2D eigenvalue weighted by atomic mass is 16.5. The number of hydrogen-bond donors (Lipinski definition) is 2. The summed E-state index contributed by atoms with van der Waals surface area (Å²) in [6.45, 7) is 12.9. The van der Waals surface area contributed by atoms with Crippen molar-refractivity contribution in [3.63, 3.8) is 0 Å². The highest BCUT2D eigenvalue weighted by Crippen LogP contribution is 2.59. The molecule has 7 nitrogen and oxygen atoms in total. The van der Waals surface area contributed by atoms with Crippen LogP contribution in [-0.2, 0) is 12.1 Å². The Bertz CT molecular complexity index is 2240. The van der Waals surface area contributed by atoms with Gasteiger partial charge in [0, 0.05) is 87.2 Å². The van der Waals surface area contributed by atoms with Crippen LogP contribution in [0.4, 0.5) is 11.4 Å². The molecule has 1 spiro atoms. The summed E-state index contributed by atoms with van der Waals surface area (Å²) in [5.41, 5.74) is 9.69. The zero-order valence-corrected chi connectivity index (χ0v) is 28.0. The molecule has 1 amide bonds. The summed E-state index contributed by atoms with van der Waals surface area (Å²) in [7, 11) is 0. The number of para-hydroxylation sites is 1. The van der Waals surface area contributed by atoms with Gasteiger partial charge < -0.3 is 19.9 Å². The second-order valence-electron chi connectivity index (χ2n) is 12.6. The summed E-state index contributed by atoms with van der Waals surface area (Å²) in [6, 6.07) is 31.3. The Morgan fingerprint density at radius 3 is 2.02 bits per heavy atom. The van der Waals surface area contributed by atoms with Crippen LogP contribution < -0.4 is 15.4 Å². The van der Waals surface area contributed by atoms with Gasteiger partial charge in [0.15, 0.2) is 0 Å². The number of carbonyl (C=O) groups excluding carboxylic acids is 1. The second kappa shape index (κ2) is 11.3. The molecule has 0 radical (unpaired) electrons. The van der Waals surface area contributed by atoms with Crippen LogP contribution in [0, 0.1) is 13.8 Å². The molecule has 5 aromatic carbocycles. The average molecular weight is 634 g/mol. The average Bonchev–Trinajstić information content (AvgIpc) is 3.54. The Balaban J connectivity index is 1.37. The SMILES string of the molecule is CCNc1cc2c(cc1C)C1(c3cc(C)c(NCC)cc3O2)c2ccccc2C(=O)N1/N=C/c1ccc2c3ccccc3n(CC)c2c1. The maximum absolute atomic E-state index is 14.6. The van der Waals surface area contributed by atoms with Crippen molar-refractivity contribution in [2.75, 3.05) is 23.7 Å². The van der Waals surface area contributed by atoms with E-state index in [1.807, 2.05) is 24.4 Å². The lowest BCUT2D eigenvalue weighted by Crippen LogP contribution is -2.44. The molecule has 0 aliphatic carbocycles. The Kier molecular flexibility index (Phi) is 7.02. The number of anilines is 2. The van der Waals surface area contributed by atoms with Gasteiger partial charge in [-0.25, -0.2) is 5.01 Å². The van der Waals surface area contributed by atoms with Crippen molar-refractivity contribution in [2.45, 2.75) is 46.7 Å². The van der Waals surface area contributed by atoms with Crippen LogP contribution in [0.3, 0.4) is 0 Å². The number of amides is 1. The first-order valence-electron chi connectivity index (χ1n) is 16.9. The minimum Gasteiger partial charge on any atom is -0.456 e. The number of carbonyl (C=O) groups is 1. The van der Waals surface area contributed by atoms with Gasteiger partial charge in [-0.2, -0.15) is 5.10 Å². The predicted molar refractivity (Wildman–Crippen MR) is 196 cm³/mol. The summed E-state index contributed by atoms with van der Waals surface area (Å²) >= 11 is 0. The van der Waals surface area contributed by atoms with Gasteiger partial charge in [0.1, 0.15) is 17.0 Å². The van der Waals surface area contributed by atoms with Crippen LogP contribution in [0.1, 0.15) is 64.5 Å². The van der Waals surface area contributed by atoms with Crippen molar-refractivity contribution in [3.8, 4) is 11.5 Å². The third-order valence-electron chi connectivity index (χ3n) is 9.88. The number of ether oxygens (including phenoxy) is 1. The molecule has 0 saturated heterocycles. The van der Waals surface area contributed by atoms with Crippen LogP contribution in [-0.4, -0.2) is 34.8 Å². The molecule has 240 valence electrons. The topological polar surface area (TPSA) is 70.9 Å². The zero-order chi connectivity index (χ0) is 33.2. The molecule has 0 saturated carbocycles. The molecular formula is C41H39N5O2. The van der Waals surface area contributed by atoms with Crippen LogP contribution >= 0.6 is 0 Å². The molecular weight excluding hydrogens is 594 g/mol. The van der Waals surface area contributed by atoms with Crippen LogP contribution in [0.25, 0.3) is 21.8 Å². The number of fused-ring (bicyclic) bond motifs is 9. The van der Waals surface area contributed by atoms with Gasteiger partial charge in [-0.15, -0.1) is 0 Å². The molecule has 0 atom stereocenters. The van der Waals surface area contributed by atoms with E-state index in [2.05, 4.69) is 123 Å². The molecule has 2 N–H and O–H groups in total. The number of aromatic nitrogens is 1. The molecule has 0 unspecified atom stereocenters. The first kappa shape index (κ1) is 29.8. The van der Waals surface area contributed by atoms with Crippen molar-refractivity contribution in [1.82, 2.24) is 9.58 Å². The Morgan fingerprint density at radius 1 is 0.729 bits per heavy atom. The van der Waals surface area contributed by atoms with E-state index in [1.165, 1.54) is 16.3 Å². The van der Waals surface area contributed by atoms with Crippen molar-refractivity contribution >= 4 is 45.3 Å².